The molecule has 0 aliphatic carbocycles. The lowest BCUT2D eigenvalue weighted by Gasteiger charge is -2.12. The number of hydrogen-bond acceptors (Lipinski definition) is 6. The third-order valence-electron chi connectivity index (χ3n) is 6.65. The van der Waals surface area contributed by atoms with E-state index in [0.29, 0.717) is 11.4 Å². The van der Waals surface area contributed by atoms with E-state index in [-0.39, 0.29) is 5.97 Å². The van der Waals surface area contributed by atoms with Crippen molar-refractivity contribution in [3.8, 4) is 11.3 Å². The van der Waals surface area contributed by atoms with Gasteiger partial charge in [0.1, 0.15) is 11.5 Å². The molecule has 1 N–H and O–H groups in total. The van der Waals surface area contributed by atoms with Crippen LogP contribution in [-0.4, -0.2) is 32.8 Å². The molecular weight excluding hydrogens is 474 g/mol. The van der Waals surface area contributed by atoms with Gasteiger partial charge in [0.05, 0.1) is 23.7 Å². The average molecular weight is 500 g/mol. The molecule has 0 saturated heterocycles. The third-order valence-corrected chi connectivity index (χ3v) is 6.65. The monoisotopic (exact) mass is 499 g/mol. The second-order valence-corrected chi connectivity index (χ2v) is 9.07. The van der Waals surface area contributed by atoms with Crippen molar-refractivity contribution in [2.45, 2.75) is 13.5 Å². The van der Waals surface area contributed by atoms with Crippen LogP contribution in [0.3, 0.4) is 0 Å². The molecule has 4 aromatic carbocycles. The molecule has 0 spiro atoms. The van der Waals surface area contributed by atoms with Crippen LogP contribution in [0.4, 0.5) is 11.5 Å². The summed E-state index contributed by atoms with van der Waals surface area (Å²) in [6.45, 7) is 2.81. The fraction of sp³-hybridized carbons (Fsp3) is 0.0968. The van der Waals surface area contributed by atoms with E-state index in [2.05, 4.69) is 50.4 Å². The highest BCUT2D eigenvalue weighted by Gasteiger charge is 2.14. The second-order valence-electron chi connectivity index (χ2n) is 9.07. The number of aryl methyl sites for hydroxylation is 1. The topological polar surface area (TPSA) is 81.9 Å². The van der Waals surface area contributed by atoms with Crippen LogP contribution in [0.5, 0.6) is 0 Å². The SMILES string of the molecule is COC(=O)c1ccc(-c2nnc(Nc3ccc4c(c3)nc(C)n4Cc3ccccc3)c3ccccc23)cc1. The number of rotatable bonds is 6. The first kappa shape index (κ1) is 23.4. The van der Waals surface area contributed by atoms with Crippen molar-refractivity contribution in [2.24, 2.45) is 0 Å². The Morgan fingerprint density at radius 1 is 0.868 bits per heavy atom. The minimum absolute atomic E-state index is 0.371. The number of imidazole rings is 1. The predicted molar refractivity (Wildman–Crippen MR) is 150 cm³/mol. The van der Waals surface area contributed by atoms with Crippen LogP contribution in [0, 0.1) is 6.92 Å². The molecule has 0 unspecified atom stereocenters. The van der Waals surface area contributed by atoms with E-state index in [1.807, 2.05) is 61.5 Å². The van der Waals surface area contributed by atoms with Crippen LogP contribution in [0.1, 0.15) is 21.7 Å². The first-order valence-electron chi connectivity index (χ1n) is 12.3. The Kier molecular flexibility index (Phi) is 6.01. The Morgan fingerprint density at radius 2 is 1.61 bits per heavy atom. The number of carbonyl (C=O) groups is 1. The Labute approximate surface area is 219 Å². The minimum Gasteiger partial charge on any atom is -0.465 e. The van der Waals surface area contributed by atoms with Crippen molar-refractivity contribution in [2.75, 3.05) is 12.4 Å². The number of esters is 1. The lowest BCUT2D eigenvalue weighted by atomic mass is 10.0. The van der Waals surface area contributed by atoms with Crippen molar-refractivity contribution in [3.05, 3.63) is 114 Å². The van der Waals surface area contributed by atoms with Gasteiger partial charge in [-0.15, -0.1) is 10.2 Å². The molecule has 2 aromatic heterocycles. The van der Waals surface area contributed by atoms with Crippen molar-refractivity contribution in [1.82, 2.24) is 19.7 Å². The van der Waals surface area contributed by atoms with E-state index in [0.717, 1.165) is 51.1 Å². The van der Waals surface area contributed by atoms with E-state index in [1.165, 1.54) is 12.7 Å². The largest absolute Gasteiger partial charge is 0.465 e. The molecule has 0 atom stereocenters. The van der Waals surface area contributed by atoms with Gasteiger partial charge in [-0.3, -0.25) is 0 Å². The molecule has 6 aromatic rings. The molecule has 6 rings (SSSR count). The number of carbonyl (C=O) groups excluding carboxylic acids is 1. The minimum atomic E-state index is -0.371. The highest BCUT2D eigenvalue weighted by atomic mass is 16.5. The number of fused-ring (bicyclic) bond motifs is 2. The maximum atomic E-state index is 11.8. The van der Waals surface area contributed by atoms with E-state index < -0.39 is 0 Å². The van der Waals surface area contributed by atoms with Crippen LogP contribution in [0.2, 0.25) is 0 Å². The van der Waals surface area contributed by atoms with Gasteiger partial charge in [0.2, 0.25) is 0 Å². The van der Waals surface area contributed by atoms with E-state index in [9.17, 15) is 4.79 Å². The molecule has 38 heavy (non-hydrogen) atoms. The molecular formula is C31H25N5O2. The zero-order valence-electron chi connectivity index (χ0n) is 21.1. The fourth-order valence-corrected chi connectivity index (χ4v) is 4.72. The summed E-state index contributed by atoms with van der Waals surface area (Å²) in [5.41, 5.74) is 6.22. The summed E-state index contributed by atoms with van der Waals surface area (Å²) in [4.78, 5) is 16.6. The maximum Gasteiger partial charge on any atom is 0.337 e. The molecule has 7 heteroatoms. The number of hydrogen-bond donors (Lipinski definition) is 1. The summed E-state index contributed by atoms with van der Waals surface area (Å²) >= 11 is 0. The Balaban J connectivity index is 1.33. The van der Waals surface area contributed by atoms with Gasteiger partial charge in [-0.25, -0.2) is 9.78 Å². The van der Waals surface area contributed by atoms with Crippen LogP contribution < -0.4 is 5.32 Å². The molecule has 186 valence electrons. The summed E-state index contributed by atoms with van der Waals surface area (Å²) in [5.74, 6) is 1.26. The molecule has 0 radical (unpaired) electrons. The number of nitrogens with one attached hydrogen (secondary N) is 1. The normalized spacial score (nSPS) is 11.1. The lowest BCUT2D eigenvalue weighted by molar-refractivity contribution is 0.0600. The number of nitrogens with zero attached hydrogens (tertiary/aromatic N) is 4. The van der Waals surface area contributed by atoms with Crippen LogP contribution in [0.15, 0.2) is 97.1 Å². The lowest BCUT2D eigenvalue weighted by Crippen LogP contribution is -2.02. The Hall–Kier alpha value is -5.04. The first-order valence-corrected chi connectivity index (χ1v) is 12.3. The van der Waals surface area contributed by atoms with Gasteiger partial charge in [-0.2, -0.15) is 0 Å². The average Bonchev–Trinajstić information content (AvgIpc) is 3.27. The van der Waals surface area contributed by atoms with Gasteiger partial charge in [0.15, 0.2) is 5.82 Å². The quantitative estimate of drug-likeness (QED) is 0.262. The summed E-state index contributed by atoms with van der Waals surface area (Å²) < 4.78 is 7.03. The van der Waals surface area contributed by atoms with E-state index in [1.54, 1.807) is 12.1 Å². The van der Waals surface area contributed by atoms with Gasteiger partial charge in [0.25, 0.3) is 0 Å². The van der Waals surface area contributed by atoms with Crippen molar-refractivity contribution >= 4 is 39.3 Å². The zero-order chi connectivity index (χ0) is 26.1. The van der Waals surface area contributed by atoms with E-state index in [4.69, 9.17) is 9.72 Å². The highest BCUT2D eigenvalue weighted by Crippen LogP contribution is 2.32. The number of methoxy groups -OCH3 is 1. The Morgan fingerprint density at radius 3 is 2.37 bits per heavy atom. The van der Waals surface area contributed by atoms with Crippen LogP contribution >= 0.6 is 0 Å². The van der Waals surface area contributed by atoms with Crippen LogP contribution in [-0.2, 0) is 11.3 Å². The number of anilines is 2. The standard InChI is InChI=1S/C31H25N5O2/c1-20-32-27-18-24(16-17-28(27)36(20)19-21-8-4-3-5-9-21)33-30-26-11-7-6-10-25(26)29(34-35-30)22-12-14-23(15-13-22)31(37)38-2/h3-18H,19H2,1-2H3,(H,33,35). The molecule has 0 amide bonds. The van der Waals surface area contributed by atoms with Gasteiger partial charge in [-0.05, 0) is 42.8 Å². The second kappa shape index (κ2) is 9.78. The number of benzene rings is 4. The highest BCUT2D eigenvalue weighted by molar-refractivity contribution is 6.01. The number of ether oxygens (including phenoxy) is 1. The molecule has 0 aliphatic rings. The van der Waals surface area contributed by atoms with Crippen molar-refractivity contribution in [3.63, 3.8) is 0 Å². The van der Waals surface area contributed by atoms with E-state index >= 15 is 0 Å². The van der Waals surface area contributed by atoms with Gasteiger partial charge in [-0.1, -0.05) is 66.7 Å². The smallest absolute Gasteiger partial charge is 0.337 e. The number of aromatic nitrogens is 4. The van der Waals surface area contributed by atoms with Gasteiger partial charge < -0.3 is 14.6 Å². The molecule has 0 fully saturated rings. The molecule has 7 nitrogen and oxygen atoms in total. The summed E-state index contributed by atoms with van der Waals surface area (Å²) in [6, 6.07) is 31.8. The van der Waals surface area contributed by atoms with Crippen molar-refractivity contribution < 1.29 is 9.53 Å². The molecule has 2 heterocycles. The molecule has 0 bridgehead atoms. The Bertz CT molecular complexity index is 1780. The van der Waals surface area contributed by atoms with Crippen molar-refractivity contribution in [1.29, 1.82) is 0 Å². The van der Waals surface area contributed by atoms with Gasteiger partial charge >= 0.3 is 5.97 Å². The fourth-order valence-electron chi connectivity index (χ4n) is 4.72. The van der Waals surface area contributed by atoms with Crippen LogP contribution in [0.25, 0.3) is 33.1 Å². The molecule has 0 saturated carbocycles. The summed E-state index contributed by atoms with van der Waals surface area (Å²) in [6.07, 6.45) is 0. The van der Waals surface area contributed by atoms with Gasteiger partial charge in [0, 0.05) is 28.6 Å². The maximum absolute atomic E-state index is 11.8. The predicted octanol–water partition coefficient (Wildman–Crippen LogP) is 6.53. The summed E-state index contributed by atoms with van der Waals surface area (Å²) in [5, 5.41) is 14.4. The summed E-state index contributed by atoms with van der Waals surface area (Å²) in [7, 11) is 1.37. The third kappa shape index (κ3) is 4.35. The first-order chi connectivity index (χ1) is 18.6. The zero-order valence-corrected chi connectivity index (χ0v) is 21.1. The molecule has 0 aliphatic heterocycles.